The van der Waals surface area contributed by atoms with Crippen molar-refractivity contribution in [2.75, 3.05) is 23.0 Å². The zero-order chi connectivity index (χ0) is 28.2. The number of fused-ring (bicyclic) bond motifs is 1. The number of carbonyl (C=O) groups is 3. The minimum absolute atomic E-state index is 0.156. The topological polar surface area (TPSA) is 76.2 Å². The summed E-state index contributed by atoms with van der Waals surface area (Å²) in [5.74, 6) is -0.437. The molecule has 1 saturated heterocycles. The molecule has 4 aromatic carbocycles. The Morgan fingerprint density at radius 1 is 0.800 bits per heavy atom. The molecule has 0 radical (unpaired) electrons. The second kappa shape index (κ2) is 11.3. The summed E-state index contributed by atoms with van der Waals surface area (Å²) in [7, 11) is 0. The Labute approximate surface area is 232 Å². The summed E-state index contributed by atoms with van der Waals surface area (Å²) in [6.45, 7) is 8.09. The largest absolute Gasteiger partial charge is 0.490 e. The van der Waals surface area contributed by atoms with Gasteiger partial charge in [0.05, 0.1) is 18.0 Å². The van der Waals surface area contributed by atoms with E-state index in [9.17, 15) is 14.4 Å². The zero-order valence-corrected chi connectivity index (χ0v) is 22.3. The highest BCUT2D eigenvalue weighted by Crippen LogP contribution is 2.35. The molecule has 0 atom stereocenters. The molecule has 4 aromatic rings. The molecule has 1 aliphatic rings. The molecule has 1 heterocycles. The third kappa shape index (κ3) is 4.97. The third-order valence-corrected chi connectivity index (χ3v) is 6.45. The number of aryl methyl sites for hydroxylation is 1. The van der Waals surface area contributed by atoms with Gasteiger partial charge in [-0.2, -0.15) is 0 Å². The van der Waals surface area contributed by atoms with E-state index in [0.717, 1.165) is 20.7 Å². The fraction of sp³-hybridized carbons (Fsp3) is 0.121. The lowest BCUT2D eigenvalue weighted by Gasteiger charge is -2.34. The second-order valence-corrected chi connectivity index (χ2v) is 9.20. The monoisotopic (exact) mass is 532 g/mol. The predicted molar refractivity (Wildman–Crippen MR) is 157 cm³/mol. The molecular weight excluding hydrogens is 504 g/mol. The number of amides is 4. The molecule has 1 fully saturated rings. The van der Waals surface area contributed by atoms with Gasteiger partial charge in [-0.05, 0) is 66.8 Å². The lowest BCUT2D eigenvalue weighted by atomic mass is 10.0. The van der Waals surface area contributed by atoms with Crippen molar-refractivity contribution >= 4 is 46.1 Å². The van der Waals surface area contributed by atoms with E-state index in [4.69, 9.17) is 9.47 Å². The second-order valence-electron chi connectivity index (χ2n) is 9.20. The van der Waals surface area contributed by atoms with Crippen LogP contribution in [0.25, 0.3) is 16.8 Å². The number of rotatable bonds is 8. The van der Waals surface area contributed by atoms with Crippen molar-refractivity contribution in [1.82, 2.24) is 0 Å². The number of barbiturate groups is 1. The van der Waals surface area contributed by atoms with Crippen LogP contribution in [0.4, 0.5) is 16.2 Å². The van der Waals surface area contributed by atoms with Gasteiger partial charge in [0.2, 0.25) is 0 Å². The van der Waals surface area contributed by atoms with Crippen molar-refractivity contribution in [1.29, 1.82) is 0 Å². The predicted octanol–water partition coefficient (Wildman–Crippen LogP) is 6.70. The molecule has 1 aliphatic heterocycles. The molecular formula is C33H28N2O5. The van der Waals surface area contributed by atoms with Gasteiger partial charge < -0.3 is 9.47 Å². The molecule has 4 amide bonds. The molecule has 0 aromatic heterocycles. The summed E-state index contributed by atoms with van der Waals surface area (Å²) in [6.07, 6.45) is 3.11. The third-order valence-electron chi connectivity index (χ3n) is 6.45. The number of benzene rings is 4. The summed E-state index contributed by atoms with van der Waals surface area (Å²) < 4.78 is 11.4. The number of hydrogen-bond donors (Lipinski definition) is 0. The van der Waals surface area contributed by atoms with Crippen LogP contribution in [-0.4, -0.2) is 31.1 Å². The van der Waals surface area contributed by atoms with E-state index in [2.05, 4.69) is 6.58 Å². The molecule has 40 heavy (non-hydrogen) atoms. The van der Waals surface area contributed by atoms with Crippen LogP contribution in [0.2, 0.25) is 0 Å². The zero-order valence-electron chi connectivity index (χ0n) is 22.3. The fourth-order valence-electron chi connectivity index (χ4n) is 4.66. The van der Waals surface area contributed by atoms with Crippen LogP contribution >= 0.6 is 0 Å². The number of imide groups is 2. The molecule has 7 heteroatoms. The quantitative estimate of drug-likeness (QED) is 0.143. The maximum Gasteiger partial charge on any atom is 0.343 e. The maximum atomic E-state index is 14.0. The molecule has 0 unspecified atom stereocenters. The molecule has 0 saturated carbocycles. The molecule has 200 valence electrons. The summed E-state index contributed by atoms with van der Waals surface area (Å²) in [6, 6.07) is 24.3. The Morgan fingerprint density at radius 2 is 1.55 bits per heavy atom. The van der Waals surface area contributed by atoms with Crippen molar-refractivity contribution in [2.45, 2.75) is 13.8 Å². The first-order valence-corrected chi connectivity index (χ1v) is 12.9. The molecule has 7 nitrogen and oxygen atoms in total. The number of nitrogens with zero attached hydrogens (tertiary/aromatic N) is 2. The van der Waals surface area contributed by atoms with Gasteiger partial charge in [-0.1, -0.05) is 67.3 Å². The first kappa shape index (κ1) is 26.4. The SMILES string of the molecule is C=CCOc1ccc(/C=C2\C(=O)N(c3cccc(C)c3)C(=O)N(c3cccc4ccccc34)C2=O)cc1OCC. The Balaban J connectivity index is 1.67. The Bertz CT molecular complexity index is 1670. The summed E-state index contributed by atoms with van der Waals surface area (Å²) in [5, 5.41) is 1.58. The van der Waals surface area contributed by atoms with E-state index in [1.165, 1.54) is 6.08 Å². The Hall–Kier alpha value is -5.17. The van der Waals surface area contributed by atoms with Gasteiger partial charge in [0.1, 0.15) is 12.2 Å². The normalized spacial score (nSPS) is 14.7. The molecule has 0 bridgehead atoms. The minimum atomic E-state index is -0.739. The Morgan fingerprint density at radius 3 is 2.33 bits per heavy atom. The van der Waals surface area contributed by atoms with Crippen LogP contribution < -0.4 is 19.3 Å². The maximum absolute atomic E-state index is 14.0. The van der Waals surface area contributed by atoms with Crippen molar-refractivity contribution < 1.29 is 23.9 Å². The highest BCUT2D eigenvalue weighted by Gasteiger charge is 2.44. The fourth-order valence-corrected chi connectivity index (χ4v) is 4.66. The number of anilines is 2. The van der Waals surface area contributed by atoms with E-state index in [1.54, 1.807) is 54.6 Å². The van der Waals surface area contributed by atoms with Crippen LogP contribution in [0, 0.1) is 6.92 Å². The molecule has 0 N–H and O–H groups in total. The first-order valence-electron chi connectivity index (χ1n) is 12.9. The highest BCUT2D eigenvalue weighted by molar-refractivity contribution is 6.46. The highest BCUT2D eigenvalue weighted by atomic mass is 16.5. The van der Waals surface area contributed by atoms with E-state index in [0.29, 0.717) is 47.0 Å². The molecule has 0 aliphatic carbocycles. The summed E-state index contributed by atoms with van der Waals surface area (Å²) >= 11 is 0. The van der Waals surface area contributed by atoms with Gasteiger partial charge in [0, 0.05) is 5.39 Å². The first-order chi connectivity index (χ1) is 19.4. The van der Waals surface area contributed by atoms with Gasteiger partial charge >= 0.3 is 6.03 Å². The van der Waals surface area contributed by atoms with Crippen LogP contribution in [0.5, 0.6) is 11.5 Å². The van der Waals surface area contributed by atoms with Gasteiger partial charge in [-0.3, -0.25) is 9.59 Å². The van der Waals surface area contributed by atoms with E-state index >= 15 is 0 Å². The minimum Gasteiger partial charge on any atom is -0.490 e. The number of ether oxygens (including phenoxy) is 2. The average molecular weight is 533 g/mol. The number of hydrogen-bond acceptors (Lipinski definition) is 5. The van der Waals surface area contributed by atoms with E-state index in [-0.39, 0.29) is 5.57 Å². The van der Waals surface area contributed by atoms with Gasteiger partial charge in [0.15, 0.2) is 11.5 Å². The van der Waals surface area contributed by atoms with Crippen LogP contribution in [0.15, 0.2) is 103 Å². The van der Waals surface area contributed by atoms with Gasteiger partial charge in [0.25, 0.3) is 11.8 Å². The smallest absolute Gasteiger partial charge is 0.343 e. The number of carbonyl (C=O) groups excluding carboxylic acids is 3. The standard InChI is InChI=1S/C33H28N2O5/c1-4-18-40-29-17-16-23(21-30(29)39-5-2)20-27-31(36)34(25-13-8-10-22(3)19-25)33(38)35(32(27)37)28-15-9-12-24-11-6-7-14-26(24)28/h4,6-17,19-21H,1,5,18H2,2-3H3/b27-20+. The van der Waals surface area contributed by atoms with Crippen molar-refractivity contribution in [2.24, 2.45) is 0 Å². The molecule has 5 rings (SSSR count). The summed E-state index contributed by atoms with van der Waals surface area (Å²) in [5.41, 5.74) is 2.03. The summed E-state index contributed by atoms with van der Waals surface area (Å²) in [4.78, 5) is 43.9. The van der Waals surface area contributed by atoms with Crippen molar-refractivity contribution in [3.05, 3.63) is 114 Å². The van der Waals surface area contributed by atoms with Gasteiger partial charge in [-0.25, -0.2) is 14.6 Å². The lowest BCUT2D eigenvalue weighted by molar-refractivity contribution is -0.121. The van der Waals surface area contributed by atoms with Crippen LogP contribution in [-0.2, 0) is 9.59 Å². The van der Waals surface area contributed by atoms with Crippen molar-refractivity contribution in [3.63, 3.8) is 0 Å². The van der Waals surface area contributed by atoms with Crippen LogP contribution in [0.3, 0.4) is 0 Å². The lowest BCUT2D eigenvalue weighted by Crippen LogP contribution is -2.57. The molecule has 0 spiro atoms. The average Bonchev–Trinajstić information content (AvgIpc) is 2.95. The Kier molecular flexibility index (Phi) is 7.46. The van der Waals surface area contributed by atoms with Crippen molar-refractivity contribution in [3.8, 4) is 11.5 Å². The van der Waals surface area contributed by atoms with Crippen LogP contribution in [0.1, 0.15) is 18.1 Å². The number of urea groups is 1. The van der Waals surface area contributed by atoms with E-state index in [1.807, 2.05) is 50.2 Å². The van der Waals surface area contributed by atoms with E-state index < -0.39 is 17.8 Å². The van der Waals surface area contributed by atoms with Gasteiger partial charge in [-0.15, -0.1) is 0 Å².